The fraction of sp³-hybridized carbons (Fsp3) is 0.350. The Morgan fingerprint density at radius 1 is 1.28 bits per heavy atom. The van der Waals surface area contributed by atoms with Crippen molar-refractivity contribution in [2.45, 2.75) is 39.3 Å². The number of amides is 3. The summed E-state index contributed by atoms with van der Waals surface area (Å²) in [4.78, 5) is 29.8. The van der Waals surface area contributed by atoms with Crippen molar-refractivity contribution in [3.05, 3.63) is 58.7 Å². The number of anilines is 1. The number of hydrogen-bond donors (Lipinski definition) is 2. The average Bonchev–Trinajstić information content (AvgIpc) is 2.65. The Labute approximate surface area is 166 Å². The molecule has 9 heteroatoms. The van der Waals surface area contributed by atoms with Crippen LogP contribution < -0.4 is 10.6 Å². The lowest BCUT2D eigenvalue weighted by Gasteiger charge is -2.29. The molecule has 0 spiro atoms. The number of benzene rings is 1. The number of aromatic nitrogens is 1. The summed E-state index contributed by atoms with van der Waals surface area (Å²) in [5.74, 6) is -3.06. The number of urea groups is 1. The minimum absolute atomic E-state index is 0.00482. The summed E-state index contributed by atoms with van der Waals surface area (Å²) in [5.41, 5.74) is 1.35. The van der Waals surface area contributed by atoms with Gasteiger partial charge in [0.1, 0.15) is 12.4 Å². The maximum atomic E-state index is 14.0. The highest BCUT2D eigenvalue weighted by atomic mass is 19.2. The highest BCUT2D eigenvalue weighted by Crippen LogP contribution is 2.27. The zero-order chi connectivity index (χ0) is 21.3. The Morgan fingerprint density at radius 2 is 2.00 bits per heavy atom. The lowest BCUT2D eigenvalue weighted by Crippen LogP contribution is -2.45. The van der Waals surface area contributed by atoms with Crippen LogP contribution >= 0.6 is 0 Å². The predicted octanol–water partition coefficient (Wildman–Crippen LogP) is 3.85. The van der Waals surface area contributed by atoms with Gasteiger partial charge in [-0.1, -0.05) is 13.8 Å². The Kier molecular flexibility index (Phi) is 5.76. The van der Waals surface area contributed by atoms with E-state index in [1.165, 1.54) is 12.1 Å². The maximum absolute atomic E-state index is 14.0. The van der Waals surface area contributed by atoms with Gasteiger partial charge in [-0.2, -0.15) is 0 Å². The first kappa shape index (κ1) is 20.6. The second kappa shape index (κ2) is 8.10. The second-order valence-corrected chi connectivity index (χ2v) is 7.25. The first-order valence-corrected chi connectivity index (χ1v) is 9.14. The Hall–Kier alpha value is -3.10. The predicted molar refractivity (Wildman–Crippen MR) is 101 cm³/mol. The molecule has 0 unspecified atom stereocenters. The van der Waals surface area contributed by atoms with Gasteiger partial charge in [0, 0.05) is 5.56 Å². The number of rotatable bonds is 5. The van der Waals surface area contributed by atoms with E-state index < -0.39 is 35.4 Å². The zero-order valence-electron chi connectivity index (χ0n) is 16.2. The van der Waals surface area contributed by atoms with Crippen molar-refractivity contribution < 1.29 is 22.8 Å². The van der Waals surface area contributed by atoms with Crippen molar-refractivity contribution in [1.82, 2.24) is 15.2 Å². The van der Waals surface area contributed by atoms with E-state index in [4.69, 9.17) is 0 Å². The molecule has 29 heavy (non-hydrogen) atoms. The normalized spacial score (nSPS) is 14.4. The Bertz CT molecular complexity index is 965. The lowest BCUT2D eigenvalue weighted by atomic mass is 9.98. The van der Waals surface area contributed by atoms with Crippen LogP contribution in [0.3, 0.4) is 0 Å². The third-order valence-corrected chi connectivity index (χ3v) is 4.73. The summed E-state index contributed by atoms with van der Waals surface area (Å²) in [7, 11) is 0. The summed E-state index contributed by atoms with van der Waals surface area (Å²) in [6.07, 6.45) is 1.08. The van der Waals surface area contributed by atoms with E-state index in [-0.39, 0.29) is 30.3 Å². The molecule has 1 aromatic heterocycles. The molecular formula is C20H21F3N4O2. The number of halogens is 3. The minimum atomic E-state index is -1.06. The number of pyridine rings is 1. The molecule has 1 aliphatic rings. The van der Waals surface area contributed by atoms with Gasteiger partial charge in [0.25, 0.3) is 0 Å². The molecule has 0 aliphatic carbocycles. The number of nitrogens with one attached hydrogen (secondary N) is 2. The topological polar surface area (TPSA) is 74.3 Å². The van der Waals surface area contributed by atoms with Crippen molar-refractivity contribution in [2.24, 2.45) is 0 Å². The van der Waals surface area contributed by atoms with Gasteiger partial charge >= 0.3 is 6.03 Å². The smallest absolute Gasteiger partial charge is 0.322 e. The van der Waals surface area contributed by atoms with Crippen LogP contribution in [0.2, 0.25) is 0 Å². The summed E-state index contributed by atoms with van der Waals surface area (Å²) in [5, 5.41) is 5.16. The SMILES string of the molecule is CC(C)c1cc(F)cnc1[C@H](C)NC(=O)CN1Cc2c(ccc(F)c2F)NC1=O. The highest BCUT2D eigenvalue weighted by Gasteiger charge is 2.28. The van der Waals surface area contributed by atoms with Gasteiger partial charge in [0.2, 0.25) is 5.91 Å². The third-order valence-electron chi connectivity index (χ3n) is 4.73. The maximum Gasteiger partial charge on any atom is 0.322 e. The van der Waals surface area contributed by atoms with Crippen LogP contribution in [0.1, 0.15) is 49.6 Å². The van der Waals surface area contributed by atoms with Gasteiger partial charge in [0.05, 0.1) is 30.2 Å². The molecule has 0 saturated heterocycles. The molecule has 3 rings (SSSR count). The molecule has 1 aliphatic heterocycles. The highest BCUT2D eigenvalue weighted by molar-refractivity contribution is 5.94. The number of nitrogens with zero attached hydrogens (tertiary/aromatic N) is 2. The molecule has 2 aromatic rings. The molecular weight excluding hydrogens is 385 g/mol. The van der Waals surface area contributed by atoms with Crippen LogP contribution in [0.4, 0.5) is 23.7 Å². The van der Waals surface area contributed by atoms with Crippen LogP contribution in [-0.4, -0.2) is 28.4 Å². The second-order valence-electron chi connectivity index (χ2n) is 7.25. The molecule has 3 amide bonds. The van der Waals surface area contributed by atoms with E-state index in [1.807, 2.05) is 13.8 Å². The van der Waals surface area contributed by atoms with E-state index in [0.29, 0.717) is 11.3 Å². The molecule has 0 radical (unpaired) electrons. The van der Waals surface area contributed by atoms with Gasteiger partial charge in [-0.3, -0.25) is 9.78 Å². The van der Waals surface area contributed by atoms with E-state index in [9.17, 15) is 22.8 Å². The van der Waals surface area contributed by atoms with Crippen molar-refractivity contribution in [2.75, 3.05) is 11.9 Å². The third kappa shape index (κ3) is 4.33. The first-order valence-electron chi connectivity index (χ1n) is 9.14. The van der Waals surface area contributed by atoms with Gasteiger partial charge in [0.15, 0.2) is 11.6 Å². The quantitative estimate of drug-likeness (QED) is 0.792. The van der Waals surface area contributed by atoms with E-state index in [2.05, 4.69) is 15.6 Å². The average molecular weight is 406 g/mol. The van der Waals surface area contributed by atoms with Crippen LogP contribution in [0.25, 0.3) is 0 Å². The summed E-state index contributed by atoms with van der Waals surface area (Å²) in [6, 6.07) is 2.46. The van der Waals surface area contributed by atoms with Crippen molar-refractivity contribution in [3.8, 4) is 0 Å². The van der Waals surface area contributed by atoms with Crippen molar-refractivity contribution in [1.29, 1.82) is 0 Å². The van der Waals surface area contributed by atoms with E-state index in [1.54, 1.807) is 6.92 Å². The molecule has 154 valence electrons. The van der Waals surface area contributed by atoms with Crippen LogP contribution in [-0.2, 0) is 11.3 Å². The molecule has 1 atom stereocenters. The number of hydrogen-bond acceptors (Lipinski definition) is 3. The van der Waals surface area contributed by atoms with Gasteiger partial charge in [-0.05, 0) is 36.6 Å². The molecule has 0 saturated carbocycles. The lowest BCUT2D eigenvalue weighted by molar-refractivity contribution is -0.122. The fourth-order valence-corrected chi connectivity index (χ4v) is 3.27. The molecule has 0 fully saturated rings. The number of fused-ring (bicyclic) bond motifs is 1. The monoisotopic (exact) mass is 406 g/mol. The van der Waals surface area contributed by atoms with E-state index >= 15 is 0 Å². The Morgan fingerprint density at radius 3 is 2.69 bits per heavy atom. The van der Waals surface area contributed by atoms with E-state index in [0.717, 1.165) is 17.2 Å². The van der Waals surface area contributed by atoms with Crippen LogP contribution in [0.5, 0.6) is 0 Å². The fourth-order valence-electron chi connectivity index (χ4n) is 3.27. The van der Waals surface area contributed by atoms with Crippen LogP contribution in [0, 0.1) is 17.5 Å². The summed E-state index contributed by atoms with van der Waals surface area (Å²) < 4.78 is 41.0. The molecule has 1 aromatic carbocycles. The van der Waals surface area contributed by atoms with Crippen LogP contribution in [0.15, 0.2) is 24.4 Å². The summed E-state index contributed by atoms with van der Waals surface area (Å²) in [6.45, 7) is 4.88. The first-order chi connectivity index (χ1) is 13.7. The molecule has 0 bridgehead atoms. The largest absolute Gasteiger partial charge is 0.346 e. The standard InChI is InChI=1S/C20H21F3N4O2/c1-10(2)13-6-12(21)7-24-19(13)11(3)25-17(28)9-27-8-14-16(26-20(27)29)5-4-15(22)18(14)23/h4-7,10-11H,8-9H2,1-3H3,(H,25,28)(H,26,29)/t11-/m0/s1. The molecule has 2 N–H and O–H groups in total. The van der Waals surface area contributed by atoms with Gasteiger partial charge in [-0.25, -0.2) is 18.0 Å². The van der Waals surface area contributed by atoms with Crippen molar-refractivity contribution >= 4 is 17.6 Å². The van der Waals surface area contributed by atoms with Gasteiger partial charge < -0.3 is 15.5 Å². The minimum Gasteiger partial charge on any atom is -0.346 e. The molecule has 6 nitrogen and oxygen atoms in total. The number of carbonyl (C=O) groups is 2. The molecule has 2 heterocycles. The Balaban J connectivity index is 1.71. The number of carbonyl (C=O) groups excluding carboxylic acids is 2. The van der Waals surface area contributed by atoms with Crippen molar-refractivity contribution in [3.63, 3.8) is 0 Å². The zero-order valence-corrected chi connectivity index (χ0v) is 16.2. The summed E-state index contributed by atoms with van der Waals surface area (Å²) >= 11 is 0. The van der Waals surface area contributed by atoms with Gasteiger partial charge in [-0.15, -0.1) is 0 Å².